The van der Waals surface area contributed by atoms with E-state index in [1.54, 1.807) is 11.8 Å². The van der Waals surface area contributed by atoms with Crippen LogP contribution < -0.4 is 10.1 Å². The number of morpholine rings is 1. The zero-order chi connectivity index (χ0) is 21.4. The average molecular weight is 421 g/mol. The van der Waals surface area contributed by atoms with E-state index in [0.29, 0.717) is 31.0 Å². The maximum Gasteiger partial charge on any atom is 0.272 e. The number of fused-ring (bicyclic) bond motifs is 3. The molecule has 2 bridgehead atoms. The van der Waals surface area contributed by atoms with Crippen molar-refractivity contribution >= 4 is 16.8 Å². The number of piperidine rings is 1. The quantitative estimate of drug-likeness (QED) is 0.688. The molecule has 31 heavy (non-hydrogen) atoms. The molecule has 3 heterocycles. The molecule has 7 heteroatoms. The molecule has 1 amide bonds. The van der Waals surface area contributed by atoms with E-state index >= 15 is 0 Å². The number of hydrogen-bond acceptors (Lipinski definition) is 5. The van der Waals surface area contributed by atoms with Crippen LogP contribution in [0.4, 0.5) is 0 Å². The molecular weight excluding hydrogens is 392 g/mol. The molecule has 162 valence electrons. The minimum absolute atomic E-state index is 0.0932. The van der Waals surface area contributed by atoms with Crippen LogP contribution in [0.2, 0.25) is 0 Å². The van der Waals surface area contributed by atoms with Crippen molar-refractivity contribution in [2.75, 3.05) is 20.3 Å². The van der Waals surface area contributed by atoms with Crippen molar-refractivity contribution in [3.05, 3.63) is 59.8 Å². The summed E-state index contributed by atoms with van der Waals surface area (Å²) >= 11 is 0. The largest absolute Gasteiger partial charge is 0.497 e. The lowest BCUT2D eigenvalue weighted by molar-refractivity contribution is -0.0843. The normalized spacial score (nSPS) is 23.6. The first kappa shape index (κ1) is 20.0. The first-order chi connectivity index (χ1) is 15.1. The Balaban J connectivity index is 1.28. The summed E-state index contributed by atoms with van der Waals surface area (Å²) < 4.78 is 12.9. The van der Waals surface area contributed by atoms with Crippen LogP contribution in [0.5, 0.6) is 5.75 Å². The third-order valence-corrected chi connectivity index (χ3v) is 6.50. The molecule has 0 aliphatic carbocycles. The number of rotatable bonds is 5. The van der Waals surface area contributed by atoms with Crippen molar-refractivity contribution < 1.29 is 14.3 Å². The van der Waals surface area contributed by atoms with E-state index in [1.807, 2.05) is 43.4 Å². The summed E-state index contributed by atoms with van der Waals surface area (Å²) in [5.41, 5.74) is 2.73. The third-order valence-electron chi connectivity index (χ3n) is 6.50. The van der Waals surface area contributed by atoms with Crippen molar-refractivity contribution in [2.24, 2.45) is 7.05 Å². The highest BCUT2D eigenvalue weighted by atomic mass is 16.5. The molecule has 3 aromatic rings. The number of ether oxygens (including phenoxy) is 2. The van der Waals surface area contributed by atoms with Gasteiger partial charge in [-0.25, -0.2) is 0 Å². The van der Waals surface area contributed by atoms with Crippen LogP contribution in [0.15, 0.2) is 48.5 Å². The third kappa shape index (κ3) is 3.91. The van der Waals surface area contributed by atoms with Gasteiger partial charge < -0.3 is 14.8 Å². The van der Waals surface area contributed by atoms with Gasteiger partial charge in [-0.15, -0.1) is 0 Å². The average Bonchev–Trinajstić information content (AvgIpc) is 3.12. The molecule has 2 aliphatic rings. The molecule has 0 spiro atoms. The zero-order valence-electron chi connectivity index (χ0n) is 18.0. The number of carbonyl (C=O) groups excluding carboxylic acids is 1. The first-order valence-electron chi connectivity index (χ1n) is 10.8. The van der Waals surface area contributed by atoms with Gasteiger partial charge in [0.15, 0.2) is 5.69 Å². The summed E-state index contributed by atoms with van der Waals surface area (Å²) in [6.45, 7) is 2.28. The fourth-order valence-electron chi connectivity index (χ4n) is 4.94. The number of nitrogens with zero attached hydrogens (tertiary/aromatic N) is 3. The molecule has 5 rings (SSSR count). The molecule has 1 N–H and O–H groups in total. The molecule has 2 fully saturated rings. The summed E-state index contributed by atoms with van der Waals surface area (Å²) in [4.78, 5) is 15.6. The number of hydrogen-bond donors (Lipinski definition) is 1. The number of aromatic nitrogens is 2. The van der Waals surface area contributed by atoms with Crippen molar-refractivity contribution in [2.45, 2.75) is 37.5 Å². The van der Waals surface area contributed by atoms with Crippen LogP contribution in [0.1, 0.15) is 28.9 Å². The highest BCUT2D eigenvalue weighted by molar-refractivity contribution is 6.04. The Morgan fingerprint density at radius 1 is 1.13 bits per heavy atom. The van der Waals surface area contributed by atoms with Crippen molar-refractivity contribution in [3.8, 4) is 5.75 Å². The van der Waals surface area contributed by atoms with Gasteiger partial charge in [0.05, 0.1) is 25.8 Å². The Labute approximate surface area is 181 Å². The smallest absolute Gasteiger partial charge is 0.272 e. The molecule has 1 aromatic heterocycles. The molecule has 2 saturated heterocycles. The molecule has 2 aromatic carbocycles. The number of benzene rings is 2. The fraction of sp³-hybridized carbons (Fsp3) is 0.417. The Bertz CT molecular complexity index is 1060. The van der Waals surface area contributed by atoms with Crippen molar-refractivity contribution in [1.82, 2.24) is 20.0 Å². The van der Waals surface area contributed by atoms with E-state index < -0.39 is 0 Å². The zero-order valence-corrected chi connectivity index (χ0v) is 18.0. The van der Waals surface area contributed by atoms with Crippen molar-refractivity contribution in [3.63, 3.8) is 0 Å². The number of para-hydroxylation sites is 1. The van der Waals surface area contributed by atoms with Crippen molar-refractivity contribution in [1.29, 1.82) is 0 Å². The Morgan fingerprint density at radius 3 is 2.55 bits per heavy atom. The van der Waals surface area contributed by atoms with Gasteiger partial charge in [-0.3, -0.25) is 14.4 Å². The Hall–Kier alpha value is -2.90. The van der Waals surface area contributed by atoms with E-state index in [2.05, 4.69) is 27.4 Å². The highest BCUT2D eigenvalue weighted by Gasteiger charge is 2.39. The monoisotopic (exact) mass is 420 g/mol. The predicted molar refractivity (Wildman–Crippen MR) is 118 cm³/mol. The SMILES string of the molecule is COc1ccc(CN2C3COCC2CC(NC(=O)c2nn(C)c4ccccc24)C3)cc1. The molecule has 2 aliphatic heterocycles. The lowest BCUT2D eigenvalue weighted by Crippen LogP contribution is -2.60. The lowest BCUT2D eigenvalue weighted by atomic mass is 9.89. The number of aryl methyl sites for hydroxylation is 1. The second-order valence-electron chi connectivity index (χ2n) is 8.50. The van der Waals surface area contributed by atoms with Crippen LogP contribution in [-0.2, 0) is 18.3 Å². The summed E-state index contributed by atoms with van der Waals surface area (Å²) in [6.07, 6.45) is 1.76. The minimum Gasteiger partial charge on any atom is -0.497 e. The molecule has 2 atom stereocenters. The minimum atomic E-state index is -0.0932. The van der Waals surface area contributed by atoms with E-state index in [0.717, 1.165) is 36.0 Å². The van der Waals surface area contributed by atoms with Gasteiger partial charge >= 0.3 is 0 Å². The maximum absolute atomic E-state index is 13.0. The predicted octanol–water partition coefficient (Wildman–Crippen LogP) is 2.74. The lowest BCUT2D eigenvalue weighted by Gasteiger charge is -2.48. The highest BCUT2D eigenvalue weighted by Crippen LogP contribution is 2.30. The van der Waals surface area contributed by atoms with Crippen LogP contribution in [0.25, 0.3) is 10.9 Å². The second-order valence-corrected chi connectivity index (χ2v) is 8.50. The summed E-state index contributed by atoms with van der Waals surface area (Å²) in [6, 6.07) is 16.8. The van der Waals surface area contributed by atoms with E-state index in [1.165, 1.54) is 5.56 Å². The number of methoxy groups -OCH3 is 1. The molecule has 0 saturated carbocycles. The van der Waals surface area contributed by atoms with Gasteiger partial charge in [-0.2, -0.15) is 5.10 Å². The Kier molecular flexibility index (Phi) is 5.38. The molecule has 2 unspecified atom stereocenters. The fourth-order valence-corrected chi connectivity index (χ4v) is 4.94. The van der Waals surface area contributed by atoms with Crippen LogP contribution in [0, 0.1) is 0 Å². The van der Waals surface area contributed by atoms with Crippen LogP contribution >= 0.6 is 0 Å². The van der Waals surface area contributed by atoms with Crippen LogP contribution in [-0.4, -0.2) is 59.0 Å². The van der Waals surface area contributed by atoms with Gasteiger partial charge in [-0.1, -0.05) is 30.3 Å². The number of carbonyl (C=O) groups is 1. The maximum atomic E-state index is 13.0. The Morgan fingerprint density at radius 2 is 1.84 bits per heavy atom. The number of nitrogens with one attached hydrogen (secondary N) is 1. The van der Waals surface area contributed by atoms with E-state index in [9.17, 15) is 4.79 Å². The molecule has 7 nitrogen and oxygen atoms in total. The standard InChI is InChI=1S/C24H28N4O3/c1-27-22-6-4-3-5-21(22)23(26-27)24(29)25-17-11-18-14-31-15-19(12-17)28(18)13-16-7-9-20(30-2)10-8-16/h3-10,17-19H,11-15H2,1-2H3,(H,25,29). The molecule has 0 radical (unpaired) electrons. The van der Waals surface area contributed by atoms with Gasteiger partial charge in [0.2, 0.25) is 0 Å². The van der Waals surface area contributed by atoms with Gasteiger partial charge in [0.25, 0.3) is 5.91 Å². The second kappa shape index (κ2) is 8.32. The topological polar surface area (TPSA) is 68.6 Å². The van der Waals surface area contributed by atoms with Gasteiger partial charge in [-0.05, 0) is 36.6 Å². The summed E-state index contributed by atoms with van der Waals surface area (Å²) in [5, 5.41) is 8.62. The van der Waals surface area contributed by atoms with E-state index in [4.69, 9.17) is 9.47 Å². The van der Waals surface area contributed by atoms with Gasteiger partial charge in [0, 0.05) is 37.1 Å². The summed E-state index contributed by atoms with van der Waals surface area (Å²) in [5.74, 6) is 0.778. The first-order valence-corrected chi connectivity index (χ1v) is 10.8. The van der Waals surface area contributed by atoms with Gasteiger partial charge in [0.1, 0.15) is 5.75 Å². The molecular formula is C24H28N4O3. The number of amides is 1. The van der Waals surface area contributed by atoms with Crippen LogP contribution in [0.3, 0.4) is 0 Å². The summed E-state index contributed by atoms with van der Waals surface area (Å²) in [7, 11) is 3.56. The van der Waals surface area contributed by atoms with E-state index in [-0.39, 0.29) is 11.9 Å².